The number of carbonyl (C=O) groups is 1. The fourth-order valence-corrected chi connectivity index (χ4v) is 3.05. The molecule has 23 heavy (non-hydrogen) atoms. The van der Waals surface area contributed by atoms with Crippen molar-refractivity contribution >= 4 is 5.91 Å². The molecule has 0 unspecified atom stereocenters. The number of rotatable bonds is 7. The van der Waals surface area contributed by atoms with E-state index < -0.39 is 0 Å². The van der Waals surface area contributed by atoms with Gasteiger partial charge in [0.15, 0.2) is 0 Å². The molecular formula is C18H23N3O2. The molecule has 2 aromatic rings. The van der Waals surface area contributed by atoms with Gasteiger partial charge in [0.1, 0.15) is 0 Å². The maximum Gasteiger partial charge on any atom is 0.226 e. The minimum atomic E-state index is -0.203. The predicted molar refractivity (Wildman–Crippen MR) is 88.2 cm³/mol. The molecule has 5 heteroatoms. The highest BCUT2D eigenvalue weighted by atomic mass is 16.5. The fourth-order valence-electron chi connectivity index (χ4n) is 3.05. The molecule has 5 nitrogen and oxygen atoms in total. The van der Waals surface area contributed by atoms with Crippen LogP contribution in [0.3, 0.4) is 0 Å². The van der Waals surface area contributed by atoms with Crippen LogP contribution in [0.5, 0.6) is 0 Å². The lowest BCUT2D eigenvalue weighted by Crippen LogP contribution is -2.46. The van der Waals surface area contributed by atoms with E-state index in [-0.39, 0.29) is 11.3 Å². The molecule has 122 valence electrons. The van der Waals surface area contributed by atoms with E-state index in [1.54, 1.807) is 13.3 Å². The Balaban J connectivity index is 1.56. The van der Waals surface area contributed by atoms with Gasteiger partial charge in [-0.25, -0.2) is 4.68 Å². The Kier molecular flexibility index (Phi) is 4.76. The van der Waals surface area contributed by atoms with Crippen LogP contribution in [0.25, 0.3) is 5.69 Å². The number of benzene rings is 1. The van der Waals surface area contributed by atoms with E-state index >= 15 is 0 Å². The summed E-state index contributed by atoms with van der Waals surface area (Å²) >= 11 is 0. The normalized spacial score (nSPS) is 15.9. The number of methoxy groups -OCH3 is 1. The molecule has 1 amide bonds. The number of carbonyl (C=O) groups excluding carboxylic acids is 1. The zero-order valence-electron chi connectivity index (χ0n) is 13.5. The van der Waals surface area contributed by atoms with Crippen LogP contribution in [0.4, 0.5) is 0 Å². The van der Waals surface area contributed by atoms with Crippen molar-refractivity contribution in [1.82, 2.24) is 15.1 Å². The van der Waals surface area contributed by atoms with Crippen molar-refractivity contribution in [2.45, 2.75) is 32.2 Å². The van der Waals surface area contributed by atoms with Gasteiger partial charge in [-0.05, 0) is 43.0 Å². The highest BCUT2D eigenvalue weighted by molar-refractivity contribution is 5.83. The number of amides is 1. The summed E-state index contributed by atoms with van der Waals surface area (Å²) in [5.41, 5.74) is 1.90. The number of ether oxygens (including phenoxy) is 1. The summed E-state index contributed by atoms with van der Waals surface area (Å²) in [7, 11) is 1.69. The monoisotopic (exact) mass is 313 g/mol. The maximum absolute atomic E-state index is 12.5. The van der Waals surface area contributed by atoms with E-state index in [0.29, 0.717) is 13.2 Å². The molecular weight excluding hydrogens is 290 g/mol. The molecule has 1 heterocycles. The number of hydrogen-bond donors (Lipinski definition) is 1. The Morgan fingerprint density at radius 1 is 1.35 bits per heavy atom. The number of nitrogens with one attached hydrogen (secondary N) is 1. The molecule has 0 atom stereocenters. The SMILES string of the molecule is COCCC1(C(=O)NCc2ccc(-n3cccn3)cc2)CCC1. The summed E-state index contributed by atoms with van der Waals surface area (Å²) in [6.07, 6.45) is 7.56. The smallest absolute Gasteiger partial charge is 0.226 e. The van der Waals surface area contributed by atoms with Gasteiger partial charge in [-0.15, -0.1) is 0 Å². The third-order valence-electron chi connectivity index (χ3n) is 4.74. The fraction of sp³-hybridized carbons (Fsp3) is 0.444. The average Bonchev–Trinajstić information content (AvgIpc) is 3.07. The van der Waals surface area contributed by atoms with Crippen molar-refractivity contribution in [1.29, 1.82) is 0 Å². The summed E-state index contributed by atoms with van der Waals surface area (Å²) in [6, 6.07) is 9.98. The second-order valence-electron chi connectivity index (χ2n) is 6.18. The van der Waals surface area contributed by atoms with Gasteiger partial charge in [-0.2, -0.15) is 5.10 Å². The first-order valence-corrected chi connectivity index (χ1v) is 8.10. The van der Waals surface area contributed by atoms with E-state index in [4.69, 9.17) is 4.74 Å². The Labute approximate surface area is 136 Å². The number of nitrogens with zero attached hydrogens (tertiary/aromatic N) is 2. The lowest BCUT2D eigenvalue weighted by atomic mass is 9.66. The van der Waals surface area contributed by atoms with Crippen molar-refractivity contribution in [3.8, 4) is 5.69 Å². The van der Waals surface area contributed by atoms with Crippen LogP contribution < -0.4 is 5.32 Å². The van der Waals surface area contributed by atoms with E-state index in [2.05, 4.69) is 10.4 Å². The molecule has 1 aromatic heterocycles. The molecule has 0 aliphatic heterocycles. The summed E-state index contributed by atoms with van der Waals surface area (Å²) in [5.74, 6) is 0.164. The lowest BCUT2D eigenvalue weighted by molar-refractivity contribution is -0.137. The Hall–Kier alpha value is -2.14. The summed E-state index contributed by atoms with van der Waals surface area (Å²) in [6.45, 7) is 1.21. The van der Waals surface area contributed by atoms with Crippen LogP contribution >= 0.6 is 0 Å². The van der Waals surface area contributed by atoms with Crippen LogP contribution in [-0.4, -0.2) is 29.4 Å². The average molecular weight is 313 g/mol. The van der Waals surface area contributed by atoms with Crippen molar-refractivity contribution in [3.05, 3.63) is 48.3 Å². The summed E-state index contributed by atoms with van der Waals surface area (Å²) < 4.78 is 6.96. The highest BCUT2D eigenvalue weighted by Gasteiger charge is 2.43. The summed E-state index contributed by atoms with van der Waals surface area (Å²) in [4.78, 5) is 12.5. The van der Waals surface area contributed by atoms with E-state index in [1.807, 2.05) is 41.2 Å². The first-order chi connectivity index (χ1) is 11.2. The van der Waals surface area contributed by atoms with Crippen LogP contribution in [0, 0.1) is 5.41 Å². The second kappa shape index (κ2) is 6.96. The topological polar surface area (TPSA) is 56.1 Å². The molecule has 0 spiro atoms. The van der Waals surface area contributed by atoms with E-state index in [0.717, 1.165) is 36.9 Å². The first kappa shape index (κ1) is 15.7. The van der Waals surface area contributed by atoms with Crippen molar-refractivity contribution in [2.24, 2.45) is 5.41 Å². The van der Waals surface area contributed by atoms with Gasteiger partial charge in [0.05, 0.1) is 11.1 Å². The van der Waals surface area contributed by atoms with Gasteiger partial charge >= 0.3 is 0 Å². The first-order valence-electron chi connectivity index (χ1n) is 8.10. The molecule has 0 radical (unpaired) electrons. The van der Waals surface area contributed by atoms with Gasteiger partial charge in [0, 0.05) is 32.7 Å². The standard InChI is InChI=1S/C18H23N3O2/c1-23-13-10-18(8-2-9-18)17(22)19-14-15-4-6-16(7-5-15)21-12-3-11-20-21/h3-7,11-12H,2,8-10,13-14H2,1H3,(H,19,22). The Morgan fingerprint density at radius 3 is 2.70 bits per heavy atom. The van der Waals surface area contributed by atoms with E-state index in [9.17, 15) is 4.79 Å². The van der Waals surface area contributed by atoms with Crippen LogP contribution in [0.1, 0.15) is 31.2 Å². The highest BCUT2D eigenvalue weighted by Crippen LogP contribution is 2.44. The molecule has 0 saturated heterocycles. The molecule has 1 aliphatic carbocycles. The van der Waals surface area contributed by atoms with Gasteiger partial charge in [0.2, 0.25) is 5.91 Å². The van der Waals surface area contributed by atoms with Crippen LogP contribution in [0.2, 0.25) is 0 Å². The third-order valence-corrected chi connectivity index (χ3v) is 4.74. The second-order valence-corrected chi connectivity index (χ2v) is 6.18. The molecule has 1 aromatic carbocycles. The molecule has 1 saturated carbocycles. The van der Waals surface area contributed by atoms with Crippen LogP contribution in [-0.2, 0) is 16.1 Å². The lowest BCUT2D eigenvalue weighted by Gasteiger charge is -2.40. The summed E-state index contributed by atoms with van der Waals surface area (Å²) in [5, 5.41) is 7.29. The minimum Gasteiger partial charge on any atom is -0.385 e. The van der Waals surface area contributed by atoms with Crippen molar-refractivity contribution in [3.63, 3.8) is 0 Å². The van der Waals surface area contributed by atoms with Gasteiger partial charge in [-0.1, -0.05) is 18.6 Å². The van der Waals surface area contributed by atoms with Crippen LogP contribution in [0.15, 0.2) is 42.7 Å². The molecule has 1 N–H and O–H groups in total. The van der Waals surface area contributed by atoms with Gasteiger partial charge in [0.25, 0.3) is 0 Å². The number of hydrogen-bond acceptors (Lipinski definition) is 3. The predicted octanol–water partition coefficient (Wildman–Crippen LogP) is 2.70. The molecule has 3 rings (SSSR count). The van der Waals surface area contributed by atoms with E-state index in [1.165, 1.54) is 0 Å². The number of aromatic nitrogens is 2. The van der Waals surface area contributed by atoms with Gasteiger partial charge in [-0.3, -0.25) is 4.79 Å². The maximum atomic E-state index is 12.5. The Morgan fingerprint density at radius 2 is 2.13 bits per heavy atom. The molecule has 1 aliphatic rings. The molecule has 0 bridgehead atoms. The Bertz CT molecular complexity index is 631. The zero-order chi connectivity index (χ0) is 16.1. The quantitative estimate of drug-likeness (QED) is 0.855. The molecule has 1 fully saturated rings. The minimum absolute atomic E-state index is 0.164. The largest absolute Gasteiger partial charge is 0.385 e. The third kappa shape index (κ3) is 3.45. The van der Waals surface area contributed by atoms with Crippen molar-refractivity contribution in [2.75, 3.05) is 13.7 Å². The van der Waals surface area contributed by atoms with Gasteiger partial charge < -0.3 is 10.1 Å². The zero-order valence-corrected chi connectivity index (χ0v) is 13.5. The van der Waals surface area contributed by atoms with Crippen molar-refractivity contribution < 1.29 is 9.53 Å².